The number of hydrogen-bond donors (Lipinski definition) is 1. The second kappa shape index (κ2) is 5.46. The van der Waals surface area contributed by atoms with Crippen LogP contribution in [0.2, 0.25) is 0 Å². The van der Waals surface area contributed by atoms with Crippen LogP contribution in [-0.2, 0) is 6.54 Å². The van der Waals surface area contributed by atoms with Gasteiger partial charge in [-0.2, -0.15) is 0 Å². The summed E-state index contributed by atoms with van der Waals surface area (Å²) in [5, 5.41) is 14.1. The van der Waals surface area contributed by atoms with Crippen molar-refractivity contribution in [3.63, 3.8) is 0 Å². The van der Waals surface area contributed by atoms with Crippen LogP contribution in [0.4, 0.5) is 5.69 Å². The third kappa shape index (κ3) is 3.27. The molecular formula is C13H19N3O2. The molecule has 0 radical (unpaired) electrons. The van der Waals surface area contributed by atoms with Crippen LogP contribution >= 0.6 is 0 Å². The maximum atomic E-state index is 10.6. The van der Waals surface area contributed by atoms with E-state index in [0.29, 0.717) is 12.1 Å². The van der Waals surface area contributed by atoms with Gasteiger partial charge in [0.15, 0.2) is 0 Å². The monoisotopic (exact) mass is 249 g/mol. The quantitative estimate of drug-likeness (QED) is 0.655. The lowest BCUT2D eigenvalue weighted by atomic mass is 10.1. The zero-order chi connectivity index (χ0) is 13.1. The van der Waals surface area contributed by atoms with E-state index in [0.717, 1.165) is 25.2 Å². The highest BCUT2D eigenvalue weighted by molar-refractivity contribution is 5.32. The summed E-state index contributed by atoms with van der Waals surface area (Å²) in [6.45, 7) is 7.24. The Morgan fingerprint density at radius 1 is 1.28 bits per heavy atom. The second-order valence-electron chi connectivity index (χ2n) is 5.09. The van der Waals surface area contributed by atoms with Gasteiger partial charge in [-0.25, -0.2) is 0 Å². The number of non-ortho nitro benzene ring substituents is 1. The molecule has 1 N–H and O–H groups in total. The van der Waals surface area contributed by atoms with Gasteiger partial charge in [-0.15, -0.1) is 0 Å². The average molecular weight is 249 g/mol. The molecule has 5 nitrogen and oxygen atoms in total. The molecule has 98 valence electrons. The van der Waals surface area contributed by atoms with E-state index in [1.807, 2.05) is 12.1 Å². The first-order valence-corrected chi connectivity index (χ1v) is 6.26. The Morgan fingerprint density at radius 2 is 1.83 bits per heavy atom. The average Bonchev–Trinajstić information content (AvgIpc) is 2.28. The molecule has 1 heterocycles. The molecule has 2 rings (SSSR count). The van der Waals surface area contributed by atoms with Gasteiger partial charge in [0.1, 0.15) is 0 Å². The molecule has 0 amide bonds. The van der Waals surface area contributed by atoms with Gasteiger partial charge in [-0.3, -0.25) is 15.0 Å². The molecule has 0 spiro atoms. The van der Waals surface area contributed by atoms with Crippen molar-refractivity contribution in [3.8, 4) is 0 Å². The standard InChI is InChI=1S/C13H19N3O2/c1-10-7-15(8-11(2)14-10)9-12-3-5-13(6-4-12)16(17)18/h3-6,10-11,14H,7-9H2,1-2H3. The fourth-order valence-corrected chi connectivity index (χ4v) is 2.55. The zero-order valence-corrected chi connectivity index (χ0v) is 10.8. The summed E-state index contributed by atoms with van der Waals surface area (Å²) in [6, 6.07) is 7.82. The van der Waals surface area contributed by atoms with E-state index in [1.54, 1.807) is 12.1 Å². The Labute approximate surface area is 107 Å². The second-order valence-corrected chi connectivity index (χ2v) is 5.09. The van der Waals surface area contributed by atoms with Crippen molar-refractivity contribution < 1.29 is 4.92 Å². The van der Waals surface area contributed by atoms with Crippen molar-refractivity contribution in [1.82, 2.24) is 10.2 Å². The third-order valence-electron chi connectivity index (χ3n) is 3.19. The molecule has 1 aromatic carbocycles. The lowest BCUT2D eigenvalue weighted by molar-refractivity contribution is -0.384. The molecule has 1 saturated heterocycles. The molecule has 1 fully saturated rings. The Kier molecular flexibility index (Phi) is 3.93. The van der Waals surface area contributed by atoms with E-state index >= 15 is 0 Å². The molecule has 1 aliphatic heterocycles. The lowest BCUT2D eigenvalue weighted by Gasteiger charge is -2.36. The molecular weight excluding hydrogens is 230 g/mol. The summed E-state index contributed by atoms with van der Waals surface area (Å²) >= 11 is 0. The van der Waals surface area contributed by atoms with Crippen LogP contribution in [0.15, 0.2) is 24.3 Å². The first-order valence-electron chi connectivity index (χ1n) is 6.26. The minimum atomic E-state index is -0.362. The Morgan fingerprint density at radius 3 is 2.33 bits per heavy atom. The van der Waals surface area contributed by atoms with Gasteiger partial charge in [0.2, 0.25) is 0 Å². The van der Waals surface area contributed by atoms with Crippen molar-refractivity contribution in [2.24, 2.45) is 0 Å². The van der Waals surface area contributed by atoms with E-state index in [2.05, 4.69) is 24.1 Å². The molecule has 0 bridgehead atoms. The first-order chi connectivity index (χ1) is 8.54. The molecule has 2 unspecified atom stereocenters. The van der Waals surface area contributed by atoms with Crippen molar-refractivity contribution in [1.29, 1.82) is 0 Å². The Hall–Kier alpha value is -1.46. The third-order valence-corrected chi connectivity index (χ3v) is 3.19. The number of rotatable bonds is 3. The summed E-state index contributed by atoms with van der Waals surface area (Å²) in [5.41, 5.74) is 1.28. The molecule has 5 heteroatoms. The van der Waals surface area contributed by atoms with E-state index in [4.69, 9.17) is 0 Å². The van der Waals surface area contributed by atoms with Crippen LogP contribution in [0.1, 0.15) is 19.4 Å². The molecule has 0 saturated carbocycles. The summed E-state index contributed by atoms with van der Waals surface area (Å²) in [7, 11) is 0. The number of nitro groups is 1. The van der Waals surface area contributed by atoms with Gasteiger partial charge in [0.25, 0.3) is 5.69 Å². The highest BCUT2D eigenvalue weighted by Gasteiger charge is 2.20. The van der Waals surface area contributed by atoms with Gasteiger partial charge in [-0.05, 0) is 19.4 Å². The fourth-order valence-electron chi connectivity index (χ4n) is 2.55. The van der Waals surface area contributed by atoms with Crippen molar-refractivity contribution >= 4 is 5.69 Å². The minimum absolute atomic E-state index is 0.154. The van der Waals surface area contributed by atoms with Crippen LogP contribution in [0, 0.1) is 10.1 Å². The number of piperazine rings is 1. The predicted octanol–water partition coefficient (Wildman–Crippen LogP) is 1.78. The SMILES string of the molecule is CC1CN(Cc2ccc([N+](=O)[O-])cc2)CC(C)N1. The minimum Gasteiger partial charge on any atom is -0.309 e. The highest BCUT2D eigenvalue weighted by Crippen LogP contribution is 2.15. The summed E-state index contributed by atoms with van der Waals surface area (Å²) in [5.74, 6) is 0. The van der Waals surface area contributed by atoms with Gasteiger partial charge < -0.3 is 5.32 Å². The molecule has 0 aliphatic carbocycles. The molecule has 0 aromatic heterocycles. The fraction of sp³-hybridized carbons (Fsp3) is 0.538. The van der Waals surface area contributed by atoms with E-state index in [1.165, 1.54) is 0 Å². The van der Waals surface area contributed by atoms with Crippen LogP contribution in [0.5, 0.6) is 0 Å². The topological polar surface area (TPSA) is 58.4 Å². The van der Waals surface area contributed by atoms with Crippen molar-refractivity contribution in [2.75, 3.05) is 13.1 Å². The van der Waals surface area contributed by atoms with E-state index < -0.39 is 0 Å². The largest absolute Gasteiger partial charge is 0.309 e. The Balaban J connectivity index is 1.98. The highest BCUT2D eigenvalue weighted by atomic mass is 16.6. The smallest absolute Gasteiger partial charge is 0.269 e. The van der Waals surface area contributed by atoms with Gasteiger partial charge in [0.05, 0.1) is 4.92 Å². The number of benzene rings is 1. The first kappa shape index (κ1) is 13.0. The van der Waals surface area contributed by atoms with E-state index in [-0.39, 0.29) is 10.6 Å². The molecule has 1 aromatic rings. The number of nitrogens with one attached hydrogen (secondary N) is 1. The summed E-state index contributed by atoms with van der Waals surface area (Å²) in [4.78, 5) is 12.6. The van der Waals surface area contributed by atoms with Gasteiger partial charge in [0, 0.05) is 43.9 Å². The van der Waals surface area contributed by atoms with Crippen LogP contribution in [0.25, 0.3) is 0 Å². The van der Waals surface area contributed by atoms with Gasteiger partial charge >= 0.3 is 0 Å². The summed E-state index contributed by atoms with van der Waals surface area (Å²) < 4.78 is 0. The van der Waals surface area contributed by atoms with Crippen LogP contribution < -0.4 is 5.32 Å². The number of hydrogen-bond acceptors (Lipinski definition) is 4. The van der Waals surface area contributed by atoms with Crippen molar-refractivity contribution in [3.05, 3.63) is 39.9 Å². The summed E-state index contributed by atoms with van der Waals surface area (Å²) in [6.07, 6.45) is 0. The molecule has 18 heavy (non-hydrogen) atoms. The number of nitro benzene ring substituents is 1. The lowest BCUT2D eigenvalue weighted by Crippen LogP contribution is -2.53. The number of nitrogens with zero attached hydrogens (tertiary/aromatic N) is 2. The molecule has 1 aliphatic rings. The molecule has 2 atom stereocenters. The van der Waals surface area contributed by atoms with Crippen LogP contribution in [-0.4, -0.2) is 35.0 Å². The maximum Gasteiger partial charge on any atom is 0.269 e. The van der Waals surface area contributed by atoms with Gasteiger partial charge in [-0.1, -0.05) is 12.1 Å². The van der Waals surface area contributed by atoms with E-state index in [9.17, 15) is 10.1 Å². The predicted molar refractivity (Wildman–Crippen MR) is 70.4 cm³/mol. The van der Waals surface area contributed by atoms with Crippen LogP contribution in [0.3, 0.4) is 0 Å². The zero-order valence-electron chi connectivity index (χ0n) is 10.8. The van der Waals surface area contributed by atoms with Crippen molar-refractivity contribution in [2.45, 2.75) is 32.5 Å². The maximum absolute atomic E-state index is 10.6. The Bertz CT molecular complexity index is 409. The normalized spacial score (nSPS) is 25.0.